The van der Waals surface area contributed by atoms with Crippen LogP contribution in [0.25, 0.3) is 6.08 Å². The van der Waals surface area contributed by atoms with Gasteiger partial charge in [-0.3, -0.25) is 10.2 Å². The normalized spacial score (nSPS) is 10.3. The van der Waals surface area contributed by atoms with Gasteiger partial charge in [-0.2, -0.15) is 0 Å². The summed E-state index contributed by atoms with van der Waals surface area (Å²) < 4.78 is 0. The Morgan fingerprint density at radius 2 is 2.00 bits per heavy atom. The van der Waals surface area contributed by atoms with Crippen LogP contribution in [0.1, 0.15) is 11.1 Å². The van der Waals surface area contributed by atoms with Crippen LogP contribution in [-0.2, 0) is 4.79 Å². The number of nitrogens with two attached hydrogens (primary N) is 1. The van der Waals surface area contributed by atoms with Crippen molar-refractivity contribution >= 4 is 12.0 Å². The van der Waals surface area contributed by atoms with Crippen LogP contribution in [0.3, 0.4) is 0 Å². The second kappa shape index (κ2) is 4.42. The maximum Gasteiger partial charge on any atom is 0.257 e. The fraction of sp³-hybridized carbons (Fsp3) is 0.100. The van der Waals surface area contributed by atoms with E-state index in [0.717, 1.165) is 5.56 Å². The van der Waals surface area contributed by atoms with Gasteiger partial charge >= 0.3 is 0 Å². The van der Waals surface area contributed by atoms with E-state index in [2.05, 4.69) is 0 Å². The maximum absolute atomic E-state index is 10.7. The monoisotopic (exact) mass is 176 g/mol. The minimum absolute atomic E-state index is 0.305. The fourth-order valence-corrected chi connectivity index (χ4v) is 0.898. The molecule has 0 atom stereocenters. The molecule has 0 radical (unpaired) electrons. The molecule has 0 aromatic heterocycles. The third-order valence-electron chi connectivity index (χ3n) is 1.65. The Labute approximate surface area is 77.2 Å². The number of nitrogens with one attached hydrogen (secondary N) is 1. The van der Waals surface area contributed by atoms with E-state index in [9.17, 15) is 4.79 Å². The zero-order chi connectivity index (χ0) is 9.68. The second-order valence-corrected chi connectivity index (χ2v) is 2.75. The van der Waals surface area contributed by atoms with Gasteiger partial charge in [0.1, 0.15) is 0 Å². The summed E-state index contributed by atoms with van der Waals surface area (Å²) in [4.78, 5) is 10.7. The largest absolute Gasteiger partial charge is 0.291 e. The van der Waals surface area contributed by atoms with Crippen molar-refractivity contribution in [1.29, 1.82) is 0 Å². The first-order valence-electron chi connectivity index (χ1n) is 3.97. The van der Waals surface area contributed by atoms with Crippen LogP contribution in [0.5, 0.6) is 0 Å². The minimum Gasteiger partial charge on any atom is -0.291 e. The third kappa shape index (κ3) is 3.09. The van der Waals surface area contributed by atoms with Crippen LogP contribution in [0.2, 0.25) is 0 Å². The molecule has 1 aromatic carbocycles. The number of hydrazine groups is 1. The van der Waals surface area contributed by atoms with Crippen molar-refractivity contribution in [3.8, 4) is 0 Å². The highest BCUT2D eigenvalue weighted by Gasteiger charge is 1.89. The van der Waals surface area contributed by atoms with Gasteiger partial charge in [-0.15, -0.1) is 0 Å². The fourth-order valence-electron chi connectivity index (χ4n) is 0.898. The molecule has 0 aliphatic rings. The molecule has 0 bridgehead atoms. The smallest absolute Gasteiger partial charge is 0.257 e. The van der Waals surface area contributed by atoms with Gasteiger partial charge in [-0.25, -0.2) is 5.84 Å². The van der Waals surface area contributed by atoms with Gasteiger partial charge in [0.15, 0.2) is 0 Å². The molecule has 1 amide bonds. The summed E-state index contributed by atoms with van der Waals surface area (Å²) in [5.74, 6) is 4.60. The van der Waals surface area contributed by atoms with Crippen molar-refractivity contribution in [3.05, 3.63) is 41.5 Å². The Kier molecular flexibility index (Phi) is 3.23. The molecular weight excluding hydrogens is 164 g/mol. The first kappa shape index (κ1) is 9.48. The number of amides is 1. The van der Waals surface area contributed by atoms with Crippen LogP contribution < -0.4 is 11.3 Å². The third-order valence-corrected chi connectivity index (χ3v) is 1.65. The molecule has 3 nitrogen and oxygen atoms in total. The molecule has 3 N–H and O–H groups in total. The molecule has 13 heavy (non-hydrogen) atoms. The van der Waals surface area contributed by atoms with Gasteiger partial charge in [-0.05, 0) is 18.6 Å². The first-order chi connectivity index (χ1) is 6.22. The first-order valence-corrected chi connectivity index (χ1v) is 3.97. The standard InChI is InChI=1S/C10H12N2O/c1-8-2-4-9(5-3-8)6-7-10(13)12-11/h2-7H,11H2,1H3,(H,12,13)/b7-6-. The van der Waals surface area contributed by atoms with Crippen LogP contribution >= 0.6 is 0 Å². The lowest BCUT2D eigenvalue weighted by atomic mass is 10.1. The molecule has 0 fully saturated rings. The lowest BCUT2D eigenvalue weighted by Crippen LogP contribution is -2.27. The molecular formula is C10H12N2O. The number of hydrogen-bond acceptors (Lipinski definition) is 2. The van der Waals surface area contributed by atoms with Crippen LogP contribution in [0.4, 0.5) is 0 Å². The highest BCUT2D eigenvalue weighted by molar-refractivity contribution is 5.91. The van der Waals surface area contributed by atoms with Crippen LogP contribution in [-0.4, -0.2) is 5.91 Å². The average molecular weight is 176 g/mol. The van der Waals surface area contributed by atoms with Crippen LogP contribution in [0.15, 0.2) is 30.3 Å². The van der Waals surface area contributed by atoms with E-state index in [-0.39, 0.29) is 5.91 Å². The molecule has 3 heteroatoms. The van der Waals surface area contributed by atoms with Crippen LogP contribution in [0, 0.1) is 6.92 Å². The van der Waals surface area contributed by atoms with Gasteiger partial charge in [0.2, 0.25) is 0 Å². The Hall–Kier alpha value is -1.61. The van der Waals surface area contributed by atoms with E-state index in [1.165, 1.54) is 11.6 Å². The zero-order valence-corrected chi connectivity index (χ0v) is 7.45. The SMILES string of the molecule is Cc1ccc(/C=C\C(=O)NN)cc1. The van der Waals surface area contributed by atoms with Crippen molar-refractivity contribution in [3.63, 3.8) is 0 Å². The van der Waals surface area contributed by atoms with Gasteiger partial charge in [0, 0.05) is 6.08 Å². The molecule has 0 spiro atoms. The molecule has 0 saturated carbocycles. The molecule has 0 aliphatic heterocycles. The van der Waals surface area contributed by atoms with Gasteiger partial charge in [-0.1, -0.05) is 29.8 Å². The summed E-state index contributed by atoms with van der Waals surface area (Å²) in [6.07, 6.45) is 3.10. The number of carbonyl (C=O) groups is 1. The van der Waals surface area contributed by atoms with Crippen molar-refractivity contribution in [2.24, 2.45) is 5.84 Å². The minimum atomic E-state index is -0.305. The topological polar surface area (TPSA) is 55.1 Å². The summed E-state index contributed by atoms with van der Waals surface area (Å²) in [5.41, 5.74) is 4.20. The predicted octanol–water partition coefficient (Wildman–Crippen LogP) is 0.998. The zero-order valence-electron chi connectivity index (χ0n) is 7.45. The summed E-state index contributed by atoms with van der Waals surface area (Å²) in [6.45, 7) is 2.01. The van der Waals surface area contributed by atoms with Crippen molar-refractivity contribution in [1.82, 2.24) is 5.43 Å². The summed E-state index contributed by atoms with van der Waals surface area (Å²) in [7, 11) is 0. The van der Waals surface area contributed by atoms with Gasteiger partial charge < -0.3 is 0 Å². The number of hydrogen-bond donors (Lipinski definition) is 2. The number of benzene rings is 1. The van der Waals surface area contributed by atoms with E-state index in [1.807, 2.05) is 36.6 Å². The highest BCUT2D eigenvalue weighted by atomic mass is 16.2. The van der Waals surface area contributed by atoms with Crippen molar-refractivity contribution in [2.75, 3.05) is 0 Å². The van der Waals surface area contributed by atoms with Gasteiger partial charge in [0.25, 0.3) is 5.91 Å². The lowest BCUT2D eigenvalue weighted by Gasteiger charge is -1.94. The Bertz CT molecular complexity index is 314. The van der Waals surface area contributed by atoms with Crippen molar-refractivity contribution in [2.45, 2.75) is 6.92 Å². The number of carbonyl (C=O) groups excluding carboxylic acids is 1. The molecule has 0 saturated heterocycles. The van der Waals surface area contributed by atoms with E-state index >= 15 is 0 Å². The Morgan fingerprint density at radius 1 is 1.38 bits per heavy atom. The molecule has 1 aromatic rings. The number of aryl methyl sites for hydroxylation is 1. The maximum atomic E-state index is 10.7. The van der Waals surface area contributed by atoms with E-state index < -0.39 is 0 Å². The Balaban J connectivity index is 2.69. The van der Waals surface area contributed by atoms with Gasteiger partial charge in [0.05, 0.1) is 0 Å². The molecule has 68 valence electrons. The molecule has 1 rings (SSSR count). The highest BCUT2D eigenvalue weighted by Crippen LogP contribution is 2.04. The summed E-state index contributed by atoms with van der Waals surface area (Å²) in [6, 6.07) is 7.85. The lowest BCUT2D eigenvalue weighted by molar-refractivity contribution is -0.116. The number of rotatable bonds is 2. The predicted molar refractivity (Wildman–Crippen MR) is 52.5 cm³/mol. The molecule has 0 heterocycles. The second-order valence-electron chi connectivity index (χ2n) is 2.75. The van der Waals surface area contributed by atoms with E-state index in [0.29, 0.717) is 0 Å². The summed E-state index contributed by atoms with van der Waals surface area (Å²) in [5, 5.41) is 0. The quantitative estimate of drug-likeness (QED) is 0.305. The Morgan fingerprint density at radius 3 is 2.54 bits per heavy atom. The molecule has 0 unspecified atom stereocenters. The van der Waals surface area contributed by atoms with Crippen molar-refractivity contribution < 1.29 is 4.79 Å². The van der Waals surface area contributed by atoms with E-state index in [4.69, 9.17) is 5.84 Å². The summed E-state index contributed by atoms with van der Waals surface area (Å²) >= 11 is 0. The van der Waals surface area contributed by atoms with E-state index in [1.54, 1.807) is 6.08 Å². The average Bonchev–Trinajstić information content (AvgIpc) is 2.16. The molecule has 0 aliphatic carbocycles.